The van der Waals surface area contributed by atoms with Crippen molar-refractivity contribution in [1.82, 2.24) is 15.0 Å². The SMILES string of the molecule is Cc1cc(C)nc(NC(=O)c2cc([N+](=O)[O-])cnc2Cl)n1. The number of aromatic nitrogens is 3. The fourth-order valence-electron chi connectivity index (χ4n) is 1.65. The van der Waals surface area contributed by atoms with E-state index in [1.807, 2.05) is 0 Å². The third kappa shape index (κ3) is 3.48. The molecule has 9 heteroatoms. The largest absolute Gasteiger partial charge is 0.290 e. The van der Waals surface area contributed by atoms with Crippen molar-refractivity contribution in [2.24, 2.45) is 0 Å². The molecule has 1 N–H and O–H groups in total. The summed E-state index contributed by atoms with van der Waals surface area (Å²) in [6.07, 6.45) is 0.979. The first-order valence-corrected chi connectivity index (χ1v) is 6.18. The van der Waals surface area contributed by atoms with Gasteiger partial charge in [-0.3, -0.25) is 20.2 Å². The highest BCUT2D eigenvalue weighted by Gasteiger charge is 2.18. The number of hydrogen-bond acceptors (Lipinski definition) is 6. The minimum atomic E-state index is -0.666. The number of amides is 1. The number of carbonyl (C=O) groups is 1. The molecule has 2 aromatic heterocycles. The summed E-state index contributed by atoms with van der Waals surface area (Å²) in [5.41, 5.74) is 0.918. The van der Waals surface area contributed by atoms with Crippen molar-refractivity contribution in [1.29, 1.82) is 0 Å². The maximum Gasteiger partial charge on any atom is 0.288 e. The van der Waals surface area contributed by atoms with Gasteiger partial charge in [0.2, 0.25) is 5.95 Å². The lowest BCUT2D eigenvalue weighted by Gasteiger charge is -2.06. The minimum absolute atomic E-state index is 0.0973. The minimum Gasteiger partial charge on any atom is -0.290 e. The second-order valence-corrected chi connectivity index (χ2v) is 4.58. The van der Waals surface area contributed by atoms with E-state index in [9.17, 15) is 14.9 Å². The number of carbonyl (C=O) groups excluding carboxylic acids is 1. The Balaban J connectivity index is 2.31. The van der Waals surface area contributed by atoms with E-state index < -0.39 is 10.8 Å². The fourth-order valence-corrected chi connectivity index (χ4v) is 1.84. The van der Waals surface area contributed by atoms with Crippen molar-refractivity contribution in [3.63, 3.8) is 0 Å². The van der Waals surface area contributed by atoms with Crippen molar-refractivity contribution in [2.75, 3.05) is 5.32 Å². The van der Waals surface area contributed by atoms with Gasteiger partial charge < -0.3 is 0 Å². The predicted octanol–water partition coefficient (Wildman–Crippen LogP) is 2.30. The van der Waals surface area contributed by atoms with E-state index in [0.29, 0.717) is 11.4 Å². The van der Waals surface area contributed by atoms with Gasteiger partial charge in [-0.25, -0.2) is 15.0 Å². The van der Waals surface area contributed by atoms with Gasteiger partial charge in [0.1, 0.15) is 11.3 Å². The summed E-state index contributed by atoms with van der Waals surface area (Å²) < 4.78 is 0. The van der Waals surface area contributed by atoms with E-state index in [1.165, 1.54) is 0 Å². The average Bonchev–Trinajstić information content (AvgIpc) is 2.37. The number of pyridine rings is 1. The van der Waals surface area contributed by atoms with E-state index in [-0.39, 0.29) is 22.4 Å². The van der Waals surface area contributed by atoms with Crippen LogP contribution in [0.4, 0.5) is 11.6 Å². The molecule has 21 heavy (non-hydrogen) atoms. The summed E-state index contributed by atoms with van der Waals surface area (Å²) in [6, 6.07) is 2.80. The summed E-state index contributed by atoms with van der Waals surface area (Å²) in [5.74, 6) is -0.568. The molecule has 0 aliphatic carbocycles. The molecule has 2 rings (SSSR count). The zero-order chi connectivity index (χ0) is 15.6. The Morgan fingerprint density at radius 3 is 2.48 bits per heavy atom. The number of aryl methyl sites for hydroxylation is 2. The summed E-state index contributed by atoms with van der Waals surface area (Å²) in [7, 11) is 0. The highest BCUT2D eigenvalue weighted by molar-refractivity contribution is 6.33. The number of hydrogen-bond donors (Lipinski definition) is 1. The molecule has 0 spiro atoms. The number of nitrogens with zero attached hydrogens (tertiary/aromatic N) is 4. The highest BCUT2D eigenvalue weighted by Crippen LogP contribution is 2.20. The number of nitro groups is 1. The lowest BCUT2D eigenvalue weighted by atomic mass is 10.2. The van der Waals surface area contributed by atoms with Crippen LogP contribution in [-0.4, -0.2) is 25.8 Å². The van der Waals surface area contributed by atoms with Crippen LogP contribution in [0.2, 0.25) is 5.15 Å². The number of nitrogens with one attached hydrogen (secondary N) is 1. The summed E-state index contributed by atoms with van der Waals surface area (Å²) in [4.78, 5) is 33.8. The molecule has 2 heterocycles. The van der Waals surface area contributed by atoms with Crippen LogP contribution in [0.15, 0.2) is 18.3 Å². The first-order chi connectivity index (χ1) is 9.86. The topological polar surface area (TPSA) is 111 Å². The van der Waals surface area contributed by atoms with Crippen LogP contribution >= 0.6 is 11.6 Å². The van der Waals surface area contributed by atoms with Crippen molar-refractivity contribution in [3.8, 4) is 0 Å². The maximum absolute atomic E-state index is 12.1. The lowest BCUT2D eigenvalue weighted by Crippen LogP contribution is -2.16. The maximum atomic E-state index is 12.1. The first kappa shape index (κ1) is 14.8. The normalized spacial score (nSPS) is 10.2. The molecule has 0 fully saturated rings. The molecule has 0 aromatic carbocycles. The zero-order valence-corrected chi connectivity index (χ0v) is 11.9. The van der Waals surface area contributed by atoms with Gasteiger partial charge in [0, 0.05) is 17.5 Å². The molecule has 1 amide bonds. The van der Waals surface area contributed by atoms with Crippen LogP contribution in [0.1, 0.15) is 21.7 Å². The first-order valence-electron chi connectivity index (χ1n) is 5.80. The second kappa shape index (κ2) is 5.80. The van der Waals surface area contributed by atoms with Crippen LogP contribution in [0.5, 0.6) is 0 Å². The Morgan fingerprint density at radius 1 is 1.29 bits per heavy atom. The molecular weight excluding hydrogens is 298 g/mol. The van der Waals surface area contributed by atoms with Gasteiger partial charge in [-0.05, 0) is 19.9 Å². The fraction of sp³-hybridized carbons (Fsp3) is 0.167. The molecule has 8 nitrogen and oxygen atoms in total. The molecule has 0 radical (unpaired) electrons. The van der Waals surface area contributed by atoms with Gasteiger partial charge in [-0.15, -0.1) is 0 Å². The van der Waals surface area contributed by atoms with Gasteiger partial charge in [-0.1, -0.05) is 11.6 Å². The number of anilines is 1. The van der Waals surface area contributed by atoms with Gasteiger partial charge in [0.05, 0.1) is 10.5 Å². The molecule has 0 saturated heterocycles. The van der Waals surface area contributed by atoms with Crippen LogP contribution in [0.3, 0.4) is 0 Å². The van der Waals surface area contributed by atoms with Crippen LogP contribution in [0, 0.1) is 24.0 Å². The lowest BCUT2D eigenvalue weighted by molar-refractivity contribution is -0.385. The Kier molecular flexibility index (Phi) is 4.08. The molecule has 108 valence electrons. The van der Waals surface area contributed by atoms with E-state index in [2.05, 4.69) is 20.3 Å². The van der Waals surface area contributed by atoms with Gasteiger partial charge >= 0.3 is 0 Å². The molecule has 0 atom stereocenters. The van der Waals surface area contributed by atoms with Crippen LogP contribution in [-0.2, 0) is 0 Å². The van der Waals surface area contributed by atoms with Crippen LogP contribution in [0.25, 0.3) is 0 Å². The third-order valence-electron chi connectivity index (χ3n) is 2.49. The Bertz CT molecular complexity index is 715. The third-order valence-corrected chi connectivity index (χ3v) is 2.79. The molecule has 0 unspecified atom stereocenters. The van der Waals surface area contributed by atoms with Gasteiger partial charge in [-0.2, -0.15) is 0 Å². The van der Waals surface area contributed by atoms with E-state index in [4.69, 9.17) is 11.6 Å². The summed E-state index contributed by atoms with van der Waals surface area (Å²) in [6.45, 7) is 3.51. The highest BCUT2D eigenvalue weighted by atomic mass is 35.5. The van der Waals surface area contributed by atoms with E-state index in [0.717, 1.165) is 12.3 Å². The molecule has 0 aliphatic rings. The summed E-state index contributed by atoms with van der Waals surface area (Å²) in [5, 5.41) is 13.0. The number of rotatable bonds is 3. The van der Waals surface area contributed by atoms with E-state index >= 15 is 0 Å². The smallest absolute Gasteiger partial charge is 0.288 e. The Morgan fingerprint density at radius 2 is 1.90 bits per heavy atom. The van der Waals surface area contributed by atoms with Crippen molar-refractivity contribution in [3.05, 3.63) is 50.5 Å². The Labute approximate surface area is 124 Å². The molecular formula is C12H10ClN5O3. The van der Waals surface area contributed by atoms with E-state index in [1.54, 1.807) is 19.9 Å². The summed E-state index contributed by atoms with van der Waals surface area (Å²) >= 11 is 5.79. The number of halogens is 1. The van der Waals surface area contributed by atoms with Gasteiger partial charge in [0.25, 0.3) is 11.6 Å². The average molecular weight is 308 g/mol. The molecule has 0 saturated carbocycles. The van der Waals surface area contributed by atoms with Crippen molar-refractivity contribution < 1.29 is 9.72 Å². The molecule has 0 bridgehead atoms. The predicted molar refractivity (Wildman–Crippen MR) is 75.4 cm³/mol. The van der Waals surface area contributed by atoms with Crippen LogP contribution < -0.4 is 5.32 Å². The zero-order valence-electron chi connectivity index (χ0n) is 11.1. The second-order valence-electron chi connectivity index (χ2n) is 4.22. The molecule has 2 aromatic rings. The monoisotopic (exact) mass is 307 g/mol. The van der Waals surface area contributed by atoms with Gasteiger partial charge in [0.15, 0.2) is 0 Å². The molecule has 0 aliphatic heterocycles. The quantitative estimate of drug-likeness (QED) is 0.529. The Hall–Kier alpha value is -2.61. The standard InChI is InChI=1S/C12H10ClN5O3/c1-6-3-7(2)16-12(15-6)17-11(19)9-4-8(18(20)21)5-14-10(9)13/h3-5H,1-2H3,(H,15,16,17,19). The van der Waals surface area contributed by atoms with Crippen molar-refractivity contribution >= 4 is 29.1 Å². The van der Waals surface area contributed by atoms with Crippen molar-refractivity contribution in [2.45, 2.75) is 13.8 Å².